The second kappa shape index (κ2) is 10.2. The molecule has 220 valence electrons. The highest BCUT2D eigenvalue weighted by Crippen LogP contribution is 2.40. The molecule has 0 N–H and O–H groups in total. The number of pyridine rings is 1. The Kier molecular flexibility index (Phi) is 6.29. The van der Waals surface area contributed by atoms with Crippen LogP contribution < -0.4 is 9.64 Å². The average molecular weight is 582 g/mol. The third-order valence-electron chi connectivity index (χ3n) is 9.47. The average Bonchev–Trinajstić information content (AvgIpc) is 3.66. The van der Waals surface area contributed by atoms with Gasteiger partial charge < -0.3 is 9.64 Å². The van der Waals surface area contributed by atoms with Crippen LogP contribution in [0.2, 0.25) is 0 Å². The molecule has 3 aliphatic heterocycles. The van der Waals surface area contributed by atoms with Crippen molar-refractivity contribution in [2.24, 2.45) is 0 Å². The predicted molar refractivity (Wildman–Crippen MR) is 161 cm³/mol. The molecule has 6 heterocycles. The number of fused-ring (bicyclic) bond motifs is 4. The maximum Gasteiger partial charge on any atom is 0.319 e. The summed E-state index contributed by atoms with van der Waals surface area (Å²) in [6.45, 7) is 6.71. The quantitative estimate of drug-likeness (QED) is 0.250. The Hall–Kier alpha value is -4.18. The van der Waals surface area contributed by atoms with Crippen LogP contribution >= 0.6 is 0 Å². The monoisotopic (exact) mass is 581 g/mol. The van der Waals surface area contributed by atoms with E-state index >= 15 is 8.78 Å². The van der Waals surface area contributed by atoms with Crippen LogP contribution in [0.5, 0.6) is 6.01 Å². The number of benzene rings is 2. The first kappa shape index (κ1) is 26.4. The molecule has 43 heavy (non-hydrogen) atoms. The van der Waals surface area contributed by atoms with Crippen molar-refractivity contribution in [2.75, 3.05) is 31.1 Å². The summed E-state index contributed by atoms with van der Waals surface area (Å²) in [5.74, 6) is -0.448. The van der Waals surface area contributed by atoms with E-state index in [4.69, 9.17) is 9.72 Å². The highest BCUT2D eigenvalue weighted by atomic mass is 19.1. The van der Waals surface area contributed by atoms with E-state index < -0.39 is 11.6 Å². The van der Waals surface area contributed by atoms with Crippen LogP contribution in [0.3, 0.4) is 0 Å². The molecular weight excluding hydrogens is 548 g/mol. The molecule has 0 amide bonds. The summed E-state index contributed by atoms with van der Waals surface area (Å²) in [5.41, 5.74) is 2.60. The van der Waals surface area contributed by atoms with E-state index in [-0.39, 0.29) is 22.8 Å². The highest BCUT2D eigenvalue weighted by molar-refractivity contribution is 5.99. The Bertz CT molecular complexity index is 1860. The zero-order chi connectivity index (χ0) is 29.1. The summed E-state index contributed by atoms with van der Waals surface area (Å²) in [5, 5.41) is 6.15. The number of rotatable bonds is 5. The molecule has 0 bridgehead atoms. The van der Waals surface area contributed by atoms with Gasteiger partial charge in [0.1, 0.15) is 29.5 Å². The summed E-state index contributed by atoms with van der Waals surface area (Å²) in [4.78, 5) is 18.8. The Balaban J connectivity index is 1.26. The smallest absolute Gasteiger partial charge is 0.319 e. The van der Waals surface area contributed by atoms with Crippen LogP contribution in [-0.4, -0.2) is 61.4 Å². The van der Waals surface area contributed by atoms with Crippen LogP contribution in [0.1, 0.15) is 43.5 Å². The standard InChI is InChI=1S/C33H33F2N7O/c1-21-17-23-19-40(13-6-16-42(23)39-21)31-25-18-36-29(24-9-2-7-22-8-3-10-26(34)27(22)24)28(35)30(25)37-32(38-31)43-20-33-11-4-14-41(33)15-5-12-33/h2-3,7-10,17-18H,4-6,11-16,19-20H2,1H3. The predicted octanol–water partition coefficient (Wildman–Crippen LogP) is 6.05. The summed E-state index contributed by atoms with van der Waals surface area (Å²) >= 11 is 0. The second-order valence-corrected chi connectivity index (χ2v) is 12.1. The van der Waals surface area contributed by atoms with Crippen molar-refractivity contribution in [3.05, 3.63) is 71.7 Å². The number of halogens is 2. The maximum absolute atomic E-state index is 16.6. The molecule has 2 fully saturated rings. The molecule has 0 atom stereocenters. The Morgan fingerprint density at radius 3 is 2.60 bits per heavy atom. The number of hydrogen-bond donors (Lipinski definition) is 0. The lowest BCUT2D eigenvalue weighted by Gasteiger charge is -2.31. The van der Waals surface area contributed by atoms with E-state index in [2.05, 4.69) is 30.9 Å². The van der Waals surface area contributed by atoms with Crippen molar-refractivity contribution < 1.29 is 13.5 Å². The fourth-order valence-corrected chi connectivity index (χ4v) is 7.45. The lowest BCUT2D eigenvalue weighted by molar-refractivity contribution is 0.108. The number of aromatic nitrogens is 5. The summed E-state index contributed by atoms with van der Waals surface area (Å²) < 4.78 is 40.1. The van der Waals surface area contributed by atoms with Crippen LogP contribution in [0.25, 0.3) is 32.9 Å². The zero-order valence-corrected chi connectivity index (χ0v) is 24.2. The number of anilines is 1. The molecule has 2 saturated heterocycles. The largest absolute Gasteiger partial charge is 0.461 e. The van der Waals surface area contributed by atoms with Gasteiger partial charge in [-0.05, 0) is 69.6 Å². The first-order valence-electron chi connectivity index (χ1n) is 15.2. The number of ether oxygens (including phenoxy) is 1. The van der Waals surface area contributed by atoms with E-state index in [0.717, 1.165) is 63.1 Å². The van der Waals surface area contributed by atoms with E-state index in [1.807, 2.05) is 23.7 Å². The highest BCUT2D eigenvalue weighted by Gasteiger charge is 2.45. The SMILES string of the molecule is Cc1cc2n(n1)CCCN(c1nc(OCC34CCCN3CCC4)nc3c(F)c(-c4cccc5cccc(F)c45)ncc13)C2. The van der Waals surface area contributed by atoms with Gasteiger partial charge in [-0.25, -0.2) is 8.78 Å². The molecule has 3 aliphatic rings. The summed E-state index contributed by atoms with van der Waals surface area (Å²) in [6.07, 6.45) is 6.94. The normalized spacial score (nSPS) is 18.3. The van der Waals surface area contributed by atoms with Crippen LogP contribution in [0.4, 0.5) is 14.6 Å². The van der Waals surface area contributed by atoms with Gasteiger partial charge in [-0.1, -0.05) is 30.3 Å². The first-order valence-corrected chi connectivity index (χ1v) is 15.2. The number of hydrogen-bond acceptors (Lipinski definition) is 7. The van der Waals surface area contributed by atoms with Crippen LogP contribution in [0.15, 0.2) is 48.7 Å². The van der Waals surface area contributed by atoms with Gasteiger partial charge in [-0.3, -0.25) is 14.6 Å². The second-order valence-electron chi connectivity index (χ2n) is 12.1. The fourth-order valence-electron chi connectivity index (χ4n) is 7.45. The molecule has 0 radical (unpaired) electrons. The van der Waals surface area contributed by atoms with Gasteiger partial charge in [0.15, 0.2) is 5.82 Å². The van der Waals surface area contributed by atoms with Crippen molar-refractivity contribution in [3.8, 4) is 17.3 Å². The molecule has 8 rings (SSSR count). The van der Waals surface area contributed by atoms with Gasteiger partial charge in [0.2, 0.25) is 0 Å². The molecule has 0 saturated carbocycles. The minimum Gasteiger partial charge on any atom is -0.461 e. The lowest BCUT2D eigenvalue weighted by Crippen LogP contribution is -2.43. The minimum atomic E-state index is -0.612. The topological polar surface area (TPSA) is 72.2 Å². The van der Waals surface area contributed by atoms with Gasteiger partial charge in [-0.15, -0.1) is 0 Å². The van der Waals surface area contributed by atoms with E-state index in [1.165, 1.54) is 6.07 Å². The van der Waals surface area contributed by atoms with Crippen LogP contribution in [-0.2, 0) is 13.1 Å². The maximum atomic E-state index is 16.6. The molecule has 2 aromatic carbocycles. The van der Waals surface area contributed by atoms with Crippen molar-refractivity contribution in [1.29, 1.82) is 0 Å². The molecule has 8 nitrogen and oxygen atoms in total. The molecule has 5 aromatic rings. The van der Waals surface area contributed by atoms with E-state index in [0.29, 0.717) is 47.2 Å². The van der Waals surface area contributed by atoms with Gasteiger partial charge in [0.25, 0.3) is 0 Å². The lowest BCUT2D eigenvalue weighted by atomic mass is 9.95. The van der Waals surface area contributed by atoms with E-state index in [9.17, 15) is 0 Å². The van der Waals surface area contributed by atoms with Gasteiger partial charge >= 0.3 is 6.01 Å². The third-order valence-corrected chi connectivity index (χ3v) is 9.47. The third kappa shape index (κ3) is 4.42. The van der Waals surface area contributed by atoms with Crippen molar-refractivity contribution in [3.63, 3.8) is 0 Å². The molecule has 10 heteroatoms. The Morgan fingerprint density at radius 1 is 0.953 bits per heavy atom. The number of aryl methyl sites for hydroxylation is 2. The van der Waals surface area contributed by atoms with Crippen molar-refractivity contribution in [2.45, 2.75) is 57.7 Å². The summed E-state index contributed by atoms with van der Waals surface area (Å²) in [6, 6.07) is 12.4. The molecule has 0 aliphatic carbocycles. The summed E-state index contributed by atoms with van der Waals surface area (Å²) in [7, 11) is 0. The van der Waals surface area contributed by atoms with Gasteiger partial charge in [-0.2, -0.15) is 15.1 Å². The Labute approximate surface area is 248 Å². The Morgan fingerprint density at radius 2 is 1.77 bits per heavy atom. The molecule has 0 spiro atoms. The fraction of sp³-hybridized carbons (Fsp3) is 0.394. The van der Waals surface area contributed by atoms with Crippen molar-refractivity contribution >= 4 is 27.5 Å². The number of nitrogens with zero attached hydrogens (tertiary/aromatic N) is 7. The van der Waals surface area contributed by atoms with Crippen LogP contribution in [0, 0.1) is 18.6 Å². The van der Waals surface area contributed by atoms with E-state index in [1.54, 1.807) is 24.4 Å². The van der Waals surface area contributed by atoms with Gasteiger partial charge in [0, 0.05) is 30.2 Å². The molecular formula is C33H33F2N7O. The zero-order valence-electron chi connectivity index (χ0n) is 24.2. The van der Waals surface area contributed by atoms with Crippen molar-refractivity contribution in [1.82, 2.24) is 29.6 Å². The first-order chi connectivity index (χ1) is 21.0. The molecule has 3 aromatic heterocycles. The minimum absolute atomic E-state index is 0.00641. The molecule has 0 unspecified atom stereocenters. The van der Waals surface area contributed by atoms with Gasteiger partial charge in [0.05, 0.1) is 28.9 Å².